The van der Waals surface area contributed by atoms with Crippen molar-refractivity contribution in [1.82, 2.24) is 0 Å². The molecule has 1 N–H and O–H groups in total. The van der Waals surface area contributed by atoms with Gasteiger partial charge in [-0.15, -0.1) is 0 Å². The van der Waals surface area contributed by atoms with E-state index in [1.807, 2.05) is 37.3 Å². The molecule has 0 aromatic heterocycles. The van der Waals surface area contributed by atoms with E-state index in [1.165, 1.54) is 12.1 Å². The van der Waals surface area contributed by atoms with Crippen molar-refractivity contribution in [3.8, 4) is 0 Å². The predicted octanol–water partition coefficient (Wildman–Crippen LogP) is 4.53. The lowest BCUT2D eigenvalue weighted by Crippen LogP contribution is -2.07. The van der Waals surface area contributed by atoms with Crippen LogP contribution in [0.15, 0.2) is 53.0 Å². The smallest absolute Gasteiger partial charge is 0.271 e. The Kier molecular flexibility index (Phi) is 4.16. The Morgan fingerprint density at radius 3 is 2.63 bits per heavy atom. The molecule has 2 aromatic carbocycles. The second-order valence-electron chi connectivity index (χ2n) is 4.19. The lowest BCUT2D eigenvalue weighted by Gasteiger charge is -2.16. The lowest BCUT2D eigenvalue weighted by atomic mass is 10.1. The standard InChI is InChI=1S/C14H13BrN2O2/c1-10(13-7-2-3-8-14(13)15)16-11-5-4-6-12(9-11)17(18)19/h2-10,16H,1H3. The molecule has 5 heteroatoms. The van der Waals surface area contributed by atoms with Crippen LogP contribution in [0.5, 0.6) is 0 Å². The van der Waals surface area contributed by atoms with Crippen LogP contribution in [0.1, 0.15) is 18.5 Å². The molecule has 0 radical (unpaired) electrons. The second kappa shape index (κ2) is 5.84. The summed E-state index contributed by atoms with van der Waals surface area (Å²) in [5, 5.41) is 14.0. The van der Waals surface area contributed by atoms with Crippen molar-refractivity contribution in [3.05, 3.63) is 68.7 Å². The fourth-order valence-electron chi connectivity index (χ4n) is 1.86. The average molecular weight is 321 g/mol. The molecule has 0 aliphatic rings. The van der Waals surface area contributed by atoms with E-state index in [0.717, 1.165) is 15.7 Å². The minimum Gasteiger partial charge on any atom is -0.378 e. The number of nitro benzene ring substituents is 1. The fraction of sp³-hybridized carbons (Fsp3) is 0.143. The normalized spacial score (nSPS) is 11.9. The van der Waals surface area contributed by atoms with E-state index in [-0.39, 0.29) is 11.7 Å². The van der Waals surface area contributed by atoms with Gasteiger partial charge < -0.3 is 5.32 Å². The number of benzene rings is 2. The molecule has 19 heavy (non-hydrogen) atoms. The minimum atomic E-state index is -0.395. The summed E-state index contributed by atoms with van der Waals surface area (Å²) in [6.07, 6.45) is 0. The Bertz CT molecular complexity index is 602. The SMILES string of the molecule is CC(Nc1cccc([N+](=O)[O-])c1)c1ccccc1Br. The van der Waals surface area contributed by atoms with Crippen LogP contribution >= 0.6 is 15.9 Å². The molecule has 0 spiro atoms. The highest BCUT2D eigenvalue weighted by atomic mass is 79.9. The van der Waals surface area contributed by atoms with Crippen molar-refractivity contribution in [3.63, 3.8) is 0 Å². The van der Waals surface area contributed by atoms with Crippen molar-refractivity contribution in [2.75, 3.05) is 5.32 Å². The Hall–Kier alpha value is -1.88. The molecule has 0 fully saturated rings. The number of rotatable bonds is 4. The van der Waals surface area contributed by atoms with Crippen molar-refractivity contribution < 1.29 is 4.92 Å². The molecule has 0 heterocycles. The maximum absolute atomic E-state index is 10.7. The van der Waals surface area contributed by atoms with E-state index in [1.54, 1.807) is 6.07 Å². The topological polar surface area (TPSA) is 55.2 Å². The van der Waals surface area contributed by atoms with Gasteiger partial charge in [0.2, 0.25) is 0 Å². The van der Waals surface area contributed by atoms with E-state index in [2.05, 4.69) is 21.2 Å². The Morgan fingerprint density at radius 2 is 1.95 bits per heavy atom. The quantitative estimate of drug-likeness (QED) is 0.665. The summed E-state index contributed by atoms with van der Waals surface area (Å²) >= 11 is 3.50. The zero-order chi connectivity index (χ0) is 13.8. The van der Waals surface area contributed by atoms with Crippen molar-refractivity contribution in [2.45, 2.75) is 13.0 Å². The van der Waals surface area contributed by atoms with Crippen LogP contribution in [-0.4, -0.2) is 4.92 Å². The second-order valence-corrected chi connectivity index (χ2v) is 5.05. The fourth-order valence-corrected chi connectivity index (χ4v) is 2.49. The average Bonchev–Trinajstić information content (AvgIpc) is 2.39. The summed E-state index contributed by atoms with van der Waals surface area (Å²) in [4.78, 5) is 10.3. The van der Waals surface area contributed by atoms with Gasteiger partial charge in [-0.05, 0) is 24.6 Å². The summed E-state index contributed by atoms with van der Waals surface area (Å²) in [5.74, 6) is 0. The third-order valence-corrected chi connectivity index (χ3v) is 3.53. The molecule has 0 aliphatic heterocycles. The van der Waals surface area contributed by atoms with Gasteiger partial charge in [0.25, 0.3) is 5.69 Å². The summed E-state index contributed by atoms with van der Waals surface area (Å²) in [6, 6.07) is 14.5. The Balaban J connectivity index is 2.19. The Labute approximate surface area is 119 Å². The van der Waals surface area contributed by atoms with Crippen LogP contribution in [0.4, 0.5) is 11.4 Å². The van der Waals surface area contributed by atoms with Crippen molar-refractivity contribution >= 4 is 27.3 Å². The molecule has 0 amide bonds. The summed E-state index contributed by atoms with van der Waals surface area (Å²) in [6.45, 7) is 2.01. The van der Waals surface area contributed by atoms with Crippen LogP contribution in [0.3, 0.4) is 0 Å². The van der Waals surface area contributed by atoms with Crippen molar-refractivity contribution in [2.24, 2.45) is 0 Å². The highest BCUT2D eigenvalue weighted by molar-refractivity contribution is 9.10. The summed E-state index contributed by atoms with van der Waals surface area (Å²) < 4.78 is 1.01. The summed E-state index contributed by atoms with van der Waals surface area (Å²) in [5.41, 5.74) is 1.93. The molecule has 0 saturated carbocycles. The lowest BCUT2D eigenvalue weighted by molar-refractivity contribution is -0.384. The number of nitrogens with one attached hydrogen (secondary N) is 1. The molecule has 98 valence electrons. The largest absolute Gasteiger partial charge is 0.378 e. The van der Waals surface area contributed by atoms with Gasteiger partial charge in [0.05, 0.1) is 4.92 Å². The first-order chi connectivity index (χ1) is 9.08. The van der Waals surface area contributed by atoms with Crippen molar-refractivity contribution in [1.29, 1.82) is 0 Å². The molecular formula is C14H13BrN2O2. The Morgan fingerprint density at radius 1 is 1.21 bits per heavy atom. The molecule has 1 unspecified atom stereocenters. The number of hydrogen-bond acceptors (Lipinski definition) is 3. The third kappa shape index (κ3) is 3.32. The van der Waals surface area contributed by atoms with Gasteiger partial charge in [-0.25, -0.2) is 0 Å². The van der Waals surface area contributed by atoms with Crippen LogP contribution in [-0.2, 0) is 0 Å². The van der Waals surface area contributed by atoms with Gasteiger partial charge >= 0.3 is 0 Å². The number of anilines is 1. The predicted molar refractivity (Wildman–Crippen MR) is 79.3 cm³/mol. The molecule has 0 aliphatic carbocycles. The maximum Gasteiger partial charge on any atom is 0.271 e. The highest BCUT2D eigenvalue weighted by Crippen LogP contribution is 2.27. The van der Waals surface area contributed by atoms with E-state index < -0.39 is 4.92 Å². The first kappa shape index (κ1) is 13.5. The van der Waals surface area contributed by atoms with Gasteiger partial charge in [-0.3, -0.25) is 10.1 Å². The number of non-ortho nitro benzene ring substituents is 1. The molecular weight excluding hydrogens is 308 g/mol. The van der Waals surface area contributed by atoms with Crippen LogP contribution in [0, 0.1) is 10.1 Å². The van der Waals surface area contributed by atoms with Gasteiger partial charge in [0.15, 0.2) is 0 Å². The zero-order valence-corrected chi connectivity index (χ0v) is 11.9. The van der Waals surface area contributed by atoms with Gasteiger partial charge in [0.1, 0.15) is 0 Å². The van der Waals surface area contributed by atoms with E-state index in [0.29, 0.717) is 0 Å². The molecule has 4 nitrogen and oxygen atoms in total. The van der Waals surface area contributed by atoms with Crippen LogP contribution in [0.25, 0.3) is 0 Å². The minimum absolute atomic E-state index is 0.0533. The number of halogens is 1. The van der Waals surface area contributed by atoms with Gasteiger partial charge in [0, 0.05) is 28.3 Å². The first-order valence-corrected chi connectivity index (χ1v) is 6.62. The number of nitro groups is 1. The summed E-state index contributed by atoms with van der Waals surface area (Å²) in [7, 11) is 0. The highest BCUT2D eigenvalue weighted by Gasteiger charge is 2.10. The zero-order valence-electron chi connectivity index (χ0n) is 10.3. The molecule has 0 bridgehead atoms. The van der Waals surface area contributed by atoms with E-state index >= 15 is 0 Å². The van der Waals surface area contributed by atoms with Crippen LogP contribution < -0.4 is 5.32 Å². The third-order valence-electron chi connectivity index (χ3n) is 2.81. The number of nitrogens with zero attached hydrogens (tertiary/aromatic N) is 1. The number of hydrogen-bond donors (Lipinski definition) is 1. The van der Waals surface area contributed by atoms with Gasteiger partial charge in [-0.2, -0.15) is 0 Å². The molecule has 0 saturated heterocycles. The molecule has 2 rings (SSSR count). The molecule has 1 atom stereocenters. The van der Waals surface area contributed by atoms with E-state index in [9.17, 15) is 10.1 Å². The van der Waals surface area contributed by atoms with Crippen LogP contribution in [0.2, 0.25) is 0 Å². The monoisotopic (exact) mass is 320 g/mol. The van der Waals surface area contributed by atoms with E-state index in [4.69, 9.17) is 0 Å². The first-order valence-electron chi connectivity index (χ1n) is 5.83. The molecule has 2 aromatic rings. The maximum atomic E-state index is 10.7. The van der Waals surface area contributed by atoms with Gasteiger partial charge in [-0.1, -0.05) is 40.2 Å².